The maximum atomic E-state index is 14.2. The van der Waals surface area contributed by atoms with E-state index in [9.17, 15) is 23.8 Å². The van der Waals surface area contributed by atoms with Crippen LogP contribution in [0.5, 0.6) is 0 Å². The Bertz CT molecular complexity index is 1130. The fourth-order valence-corrected chi connectivity index (χ4v) is 4.64. The monoisotopic (exact) mass is 531 g/mol. The van der Waals surface area contributed by atoms with E-state index in [-0.39, 0.29) is 38.3 Å². The van der Waals surface area contributed by atoms with Crippen LogP contribution in [0.1, 0.15) is 71.4 Å². The van der Waals surface area contributed by atoms with Crippen LogP contribution in [-0.2, 0) is 0 Å². The van der Waals surface area contributed by atoms with E-state index in [0.717, 1.165) is 16.2 Å². The van der Waals surface area contributed by atoms with E-state index in [2.05, 4.69) is 21.4 Å². The first-order valence-corrected chi connectivity index (χ1v) is 12.8. The third-order valence-electron chi connectivity index (χ3n) is 7.29. The number of amides is 1. The van der Waals surface area contributed by atoms with Crippen molar-refractivity contribution in [1.82, 2.24) is 10.2 Å². The predicted molar refractivity (Wildman–Crippen MR) is 145 cm³/mol. The number of aryl methyl sites for hydroxylation is 1. The number of nitriles is 1. The zero-order valence-corrected chi connectivity index (χ0v) is 23.1. The number of carbonyl (C=O) groups is 1. The molecule has 1 fully saturated rings. The van der Waals surface area contributed by atoms with Gasteiger partial charge in [-0.05, 0) is 76.6 Å². The number of aliphatic hydroxyl groups is 1. The van der Waals surface area contributed by atoms with Crippen molar-refractivity contribution in [3.8, 4) is 6.07 Å². The minimum absolute atomic E-state index is 0.141. The molecule has 0 spiro atoms. The van der Waals surface area contributed by atoms with Gasteiger partial charge in [0.25, 0.3) is 5.92 Å². The van der Waals surface area contributed by atoms with E-state index >= 15 is 0 Å². The maximum Gasteiger partial charge on any atom is 0.412 e. The lowest BCUT2D eigenvalue weighted by Gasteiger charge is -2.45. The summed E-state index contributed by atoms with van der Waals surface area (Å²) < 4.78 is 28.5. The van der Waals surface area contributed by atoms with Crippen LogP contribution in [0.15, 0.2) is 40.1 Å². The van der Waals surface area contributed by atoms with E-state index < -0.39 is 23.0 Å². The maximum absolute atomic E-state index is 14.2. The number of nitrogens with one attached hydrogen (secondary N) is 1. The average molecular weight is 532 g/mol. The van der Waals surface area contributed by atoms with Crippen LogP contribution in [0.3, 0.4) is 0 Å². The highest BCUT2D eigenvalue weighted by atomic mass is 19.3. The molecule has 0 aromatic heterocycles. The van der Waals surface area contributed by atoms with E-state index in [0.29, 0.717) is 23.5 Å². The van der Waals surface area contributed by atoms with E-state index in [4.69, 9.17) is 5.26 Å². The molecule has 1 heterocycles. The molecule has 0 saturated heterocycles. The molecule has 0 bridgehead atoms. The van der Waals surface area contributed by atoms with Crippen LogP contribution < -0.4 is 5.32 Å². The molecule has 1 aliphatic carbocycles. The molecule has 0 radical (unpaired) electrons. The van der Waals surface area contributed by atoms with Crippen LogP contribution in [0.4, 0.5) is 19.3 Å². The van der Waals surface area contributed by atoms with Gasteiger partial charge in [-0.3, -0.25) is 9.89 Å². The number of benzene rings is 1. The predicted octanol–water partition coefficient (Wildman–Crippen LogP) is 6.02. The zero-order chi connectivity index (χ0) is 28.7. The van der Waals surface area contributed by atoms with Gasteiger partial charge in [0.05, 0.1) is 41.4 Å². The number of rotatable bonds is 5. The molecule has 3 rings (SSSR count). The number of amidine groups is 1. The second-order valence-corrected chi connectivity index (χ2v) is 10.6. The van der Waals surface area contributed by atoms with Crippen LogP contribution >= 0.6 is 0 Å². The van der Waals surface area contributed by atoms with Crippen molar-refractivity contribution in [2.24, 2.45) is 21.3 Å². The van der Waals surface area contributed by atoms with Crippen LogP contribution in [0.2, 0.25) is 0 Å². The van der Waals surface area contributed by atoms with Gasteiger partial charge in [0.2, 0.25) is 0 Å². The lowest BCUT2D eigenvalue weighted by Crippen LogP contribution is -2.50. The molecule has 1 unspecified atom stereocenters. The molecule has 10 heteroatoms. The summed E-state index contributed by atoms with van der Waals surface area (Å²) >= 11 is 0. The summed E-state index contributed by atoms with van der Waals surface area (Å²) in [4.78, 5) is 21.2. The topological polar surface area (TPSA) is 121 Å². The molecule has 1 aromatic carbocycles. The molecular formula is C28H39F2N5O3. The molecule has 1 amide bonds. The Balaban J connectivity index is 0.000000352. The molecule has 1 aliphatic heterocycles. The fourth-order valence-electron chi connectivity index (χ4n) is 4.64. The van der Waals surface area contributed by atoms with Crippen molar-refractivity contribution in [3.05, 3.63) is 41.2 Å². The van der Waals surface area contributed by atoms with Crippen molar-refractivity contribution < 1.29 is 23.8 Å². The summed E-state index contributed by atoms with van der Waals surface area (Å²) in [6, 6.07) is 7.55. The van der Waals surface area contributed by atoms with Crippen molar-refractivity contribution >= 4 is 23.8 Å². The normalized spacial score (nSPS) is 22.8. The smallest absolute Gasteiger partial charge is 0.412 e. The lowest BCUT2D eigenvalue weighted by molar-refractivity contribution is -0.155. The van der Waals surface area contributed by atoms with Gasteiger partial charge in [-0.15, -0.1) is 0 Å². The minimum Gasteiger partial charge on any atom is -0.465 e. The first kappa shape index (κ1) is 30.9. The average Bonchev–Trinajstić information content (AvgIpc) is 2.86. The quantitative estimate of drug-likeness (QED) is 0.401. The molecule has 2 atom stereocenters. The number of alkyl halides is 2. The Kier molecular flexibility index (Phi) is 10.2. The van der Waals surface area contributed by atoms with Gasteiger partial charge < -0.3 is 15.5 Å². The van der Waals surface area contributed by atoms with Gasteiger partial charge in [-0.2, -0.15) is 5.26 Å². The Morgan fingerprint density at radius 1 is 1.42 bits per heavy atom. The first-order valence-electron chi connectivity index (χ1n) is 12.8. The Morgan fingerprint density at radius 3 is 2.58 bits per heavy atom. The van der Waals surface area contributed by atoms with Gasteiger partial charge in [0.15, 0.2) is 0 Å². The number of hydrogen-bond acceptors (Lipinski definition) is 6. The zero-order valence-electron chi connectivity index (χ0n) is 23.1. The number of hydrogen-bond donors (Lipinski definition) is 3. The molecule has 1 aromatic rings. The summed E-state index contributed by atoms with van der Waals surface area (Å²) in [6.45, 7) is 10.7. The van der Waals surface area contributed by atoms with Gasteiger partial charge in [0, 0.05) is 24.6 Å². The lowest BCUT2D eigenvalue weighted by atomic mass is 9.66. The number of nitrogens with zero attached hydrogens (tertiary/aromatic N) is 4. The standard InChI is InChI=1S/C18H29F2N3O3.C10H10N2/c1-5-17(4)8-12(6-7-18(17,19)20)11-23(15(24)25)14-10-21-13(9-22-14)16(2,3)26;1-3-12-10-5-4-9(7-11)6-8(10)2/h9,12,21,26H,5-8,10-11H2,1-4H3,(H,24,25);3-6H,1-2H3/t12?,17-;/m1./s1. The highest BCUT2D eigenvalue weighted by Crippen LogP contribution is 2.52. The van der Waals surface area contributed by atoms with Crippen molar-refractivity contribution in [1.29, 1.82) is 5.26 Å². The number of carboxylic acid groups (broad SMARTS) is 1. The van der Waals surface area contributed by atoms with Gasteiger partial charge in [0.1, 0.15) is 5.84 Å². The minimum atomic E-state index is -2.72. The van der Waals surface area contributed by atoms with Gasteiger partial charge in [-0.1, -0.05) is 13.8 Å². The summed E-state index contributed by atoms with van der Waals surface area (Å²) in [7, 11) is 0. The van der Waals surface area contributed by atoms with Crippen molar-refractivity contribution in [2.75, 3.05) is 13.1 Å². The van der Waals surface area contributed by atoms with Crippen LogP contribution in [0, 0.1) is 29.6 Å². The largest absolute Gasteiger partial charge is 0.465 e. The van der Waals surface area contributed by atoms with Gasteiger partial charge in [-0.25, -0.2) is 18.6 Å². The van der Waals surface area contributed by atoms with E-state index in [1.54, 1.807) is 40.0 Å². The molecule has 8 nitrogen and oxygen atoms in total. The van der Waals surface area contributed by atoms with E-state index in [1.807, 2.05) is 26.0 Å². The Morgan fingerprint density at radius 2 is 2.11 bits per heavy atom. The third-order valence-corrected chi connectivity index (χ3v) is 7.29. The third kappa shape index (κ3) is 7.60. The molecule has 208 valence electrons. The highest BCUT2D eigenvalue weighted by molar-refractivity contribution is 5.97. The number of halogens is 2. The Hall–Kier alpha value is -3.32. The molecule has 1 saturated carbocycles. The fraction of sp³-hybridized carbons (Fsp3) is 0.571. The molecule has 38 heavy (non-hydrogen) atoms. The summed E-state index contributed by atoms with van der Waals surface area (Å²) in [5.74, 6) is -2.56. The molecular weight excluding hydrogens is 492 g/mol. The second kappa shape index (κ2) is 12.5. The molecule has 2 aliphatic rings. The van der Waals surface area contributed by atoms with Gasteiger partial charge >= 0.3 is 6.09 Å². The summed E-state index contributed by atoms with van der Waals surface area (Å²) in [5.41, 5.74) is 0.940. The van der Waals surface area contributed by atoms with Crippen molar-refractivity contribution in [3.63, 3.8) is 0 Å². The van der Waals surface area contributed by atoms with Crippen LogP contribution in [-0.4, -0.2) is 57.9 Å². The van der Waals surface area contributed by atoms with E-state index in [1.165, 1.54) is 6.20 Å². The SMILES string of the molecule is CC=Nc1ccc(C#N)cc1C.CC[C@]1(C)CC(CN(C(=O)O)C2=NC=C(C(C)(C)O)NC2)CCC1(F)F. The van der Waals surface area contributed by atoms with Crippen molar-refractivity contribution in [2.45, 2.75) is 78.7 Å². The highest BCUT2D eigenvalue weighted by Gasteiger charge is 2.52. The second-order valence-electron chi connectivity index (χ2n) is 10.6. The first-order chi connectivity index (χ1) is 17.7. The van der Waals surface area contributed by atoms with Crippen LogP contribution in [0.25, 0.3) is 0 Å². The Labute approximate surface area is 223 Å². The molecule has 3 N–H and O–H groups in total. The number of aliphatic imine (C=N–C) groups is 2. The summed E-state index contributed by atoms with van der Waals surface area (Å²) in [6.07, 6.45) is 2.71. The summed E-state index contributed by atoms with van der Waals surface area (Å²) in [5, 5.41) is 31.1.